The zero-order chi connectivity index (χ0) is 9.68. The minimum atomic E-state index is 0.719. The van der Waals surface area contributed by atoms with Crippen LogP contribution in [0.2, 0.25) is 5.02 Å². The van der Waals surface area contributed by atoms with Crippen LogP contribution in [-0.4, -0.2) is 0 Å². The smallest absolute Gasteiger partial charge is 0.0915 e. The van der Waals surface area contributed by atoms with Gasteiger partial charge >= 0.3 is 0 Å². The summed E-state index contributed by atoms with van der Waals surface area (Å²) >= 11 is 5.75. The molecule has 0 aromatic heterocycles. The van der Waals surface area contributed by atoms with Gasteiger partial charge in [-0.05, 0) is 29.7 Å². The Balaban J connectivity index is 3.01. The van der Waals surface area contributed by atoms with Gasteiger partial charge in [0.1, 0.15) is 0 Å². The van der Waals surface area contributed by atoms with Crippen LogP contribution >= 0.6 is 11.6 Å². The largest absolute Gasteiger partial charge is 0.193 e. The zero-order valence-electron chi connectivity index (χ0n) is 7.42. The summed E-state index contributed by atoms with van der Waals surface area (Å²) in [5, 5.41) is 9.25. The van der Waals surface area contributed by atoms with Gasteiger partial charge < -0.3 is 0 Å². The summed E-state index contributed by atoms with van der Waals surface area (Å²) < 4.78 is 0. The third kappa shape index (κ3) is 2.61. The monoisotopic (exact) mass is 191 g/mol. The maximum atomic E-state index is 8.53. The fourth-order valence-electron chi connectivity index (χ4n) is 1.13. The molecule has 1 aromatic carbocycles. The molecule has 66 valence electrons. The first-order valence-electron chi connectivity index (χ1n) is 4.12. The van der Waals surface area contributed by atoms with E-state index in [0.717, 1.165) is 22.6 Å². The summed E-state index contributed by atoms with van der Waals surface area (Å²) in [5.74, 6) is 0. The molecule has 2 heteroatoms. The molecule has 0 spiro atoms. The van der Waals surface area contributed by atoms with Gasteiger partial charge in [0.05, 0.1) is 6.07 Å². The number of nitriles is 1. The van der Waals surface area contributed by atoms with Crippen molar-refractivity contribution >= 4 is 17.2 Å². The van der Waals surface area contributed by atoms with Crippen molar-refractivity contribution in [2.24, 2.45) is 0 Å². The van der Waals surface area contributed by atoms with Crippen LogP contribution < -0.4 is 0 Å². The van der Waals surface area contributed by atoms with Crippen LogP contribution in [0.15, 0.2) is 30.3 Å². The molecule has 0 aliphatic heterocycles. The highest BCUT2D eigenvalue weighted by molar-refractivity contribution is 6.30. The van der Waals surface area contributed by atoms with E-state index in [1.54, 1.807) is 6.08 Å². The number of benzene rings is 1. The van der Waals surface area contributed by atoms with E-state index in [9.17, 15) is 0 Å². The second-order valence-corrected chi connectivity index (χ2v) is 3.10. The second-order valence-electron chi connectivity index (χ2n) is 2.66. The van der Waals surface area contributed by atoms with E-state index in [4.69, 9.17) is 16.9 Å². The molecule has 1 rings (SSSR count). The Labute approximate surface area is 83.3 Å². The average Bonchev–Trinajstić information content (AvgIpc) is 2.16. The van der Waals surface area contributed by atoms with Gasteiger partial charge in [-0.25, -0.2) is 0 Å². The minimum Gasteiger partial charge on any atom is -0.193 e. The lowest BCUT2D eigenvalue weighted by atomic mass is 10.0. The van der Waals surface area contributed by atoms with E-state index in [1.165, 1.54) is 0 Å². The molecule has 1 aromatic rings. The first-order chi connectivity index (χ1) is 6.27. The van der Waals surface area contributed by atoms with Crippen LogP contribution in [0, 0.1) is 11.3 Å². The molecule has 13 heavy (non-hydrogen) atoms. The molecule has 0 saturated carbocycles. The second kappa shape index (κ2) is 4.69. The summed E-state index contributed by atoms with van der Waals surface area (Å²) in [7, 11) is 0. The normalized spacial score (nSPS) is 11.0. The average molecular weight is 192 g/mol. The maximum absolute atomic E-state index is 8.53. The molecule has 0 amide bonds. The minimum absolute atomic E-state index is 0.719. The van der Waals surface area contributed by atoms with Crippen molar-refractivity contribution in [3.05, 3.63) is 40.9 Å². The number of rotatable bonds is 2. The Kier molecular flexibility index (Phi) is 3.54. The summed E-state index contributed by atoms with van der Waals surface area (Å²) in [5.41, 5.74) is 2.10. The van der Waals surface area contributed by atoms with Crippen LogP contribution in [0.3, 0.4) is 0 Å². The van der Waals surface area contributed by atoms with Gasteiger partial charge in [-0.2, -0.15) is 5.26 Å². The molecule has 0 aliphatic rings. The summed E-state index contributed by atoms with van der Waals surface area (Å²) in [6.07, 6.45) is 2.43. The Bertz CT molecular complexity index is 343. The van der Waals surface area contributed by atoms with Crippen molar-refractivity contribution in [3.63, 3.8) is 0 Å². The fourth-order valence-corrected chi connectivity index (χ4v) is 1.26. The third-order valence-corrected chi connectivity index (χ3v) is 2.09. The van der Waals surface area contributed by atoms with E-state index in [-0.39, 0.29) is 0 Å². The van der Waals surface area contributed by atoms with Gasteiger partial charge in [0.25, 0.3) is 0 Å². The summed E-state index contributed by atoms with van der Waals surface area (Å²) in [6.45, 7) is 2.03. The van der Waals surface area contributed by atoms with Crippen molar-refractivity contribution < 1.29 is 0 Å². The van der Waals surface area contributed by atoms with Crippen LogP contribution in [0.25, 0.3) is 5.57 Å². The molecule has 0 atom stereocenters. The van der Waals surface area contributed by atoms with Gasteiger partial charge in [0.15, 0.2) is 0 Å². The van der Waals surface area contributed by atoms with Crippen molar-refractivity contribution in [1.82, 2.24) is 0 Å². The van der Waals surface area contributed by atoms with Crippen LogP contribution in [0.1, 0.15) is 18.9 Å². The quantitative estimate of drug-likeness (QED) is 0.655. The number of allylic oxidation sites excluding steroid dienone is 2. The van der Waals surface area contributed by atoms with E-state index in [1.807, 2.05) is 37.3 Å². The van der Waals surface area contributed by atoms with Crippen molar-refractivity contribution in [2.45, 2.75) is 13.3 Å². The number of halogens is 1. The summed E-state index contributed by atoms with van der Waals surface area (Å²) in [4.78, 5) is 0. The topological polar surface area (TPSA) is 23.8 Å². The lowest BCUT2D eigenvalue weighted by Crippen LogP contribution is -1.81. The highest BCUT2D eigenvalue weighted by Crippen LogP contribution is 2.19. The van der Waals surface area contributed by atoms with E-state index >= 15 is 0 Å². The third-order valence-electron chi connectivity index (χ3n) is 1.83. The molecule has 0 heterocycles. The molecular formula is C11H10ClN. The Morgan fingerprint density at radius 1 is 1.46 bits per heavy atom. The SMILES string of the molecule is CCC(=CC#N)c1ccc(Cl)cc1. The van der Waals surface area contributed by atoms with Crippen LogP contribution in [0.4, 0.5) is 0 Å². The fraction of sp³-hybridized carbons (Fsp3) is 0.182. The number of nitrogens with zero attached hydrogens (tertiary/aromatic N) is 1. The van der Waals surface area contributed by atoms with Crippen LogP contribution in [-0.2, 0) is 0 Å². The molecule has 0 N–H and O–H groups in total. The van der Waals surface area contributed by atoms with Crippen LogP contribution in [0.5, 0.6) is 0 Å². The maximum Gasteiger partial charge on any atom is 0.0915 e. The highest BCUT2D eigenvalue weighted by atomic mass is 35.5. The molecule has 0 radical (unpaired) electrons. The van der Waals surface area contributed by atoms with E-state index < -0.39 is 0 Å². The molecule has 0 unspecified atom stereocenters. The lowest BCUT2D eigenvalue weighted by molar-refractivity contribution is 1.24. The van der Waals surface area contributed by atoms with Crippen molar-refractivity contribution in [2.75, 3.05) is 0 Å². The first kappa shape index (κ1) is 9.83. The number of hydrogen-bond acceptors (Lipinski definition) is 1. The molecular weight excluding hydrogens is 182 g/mol. The zero-order valence-corrected chi connectivity index (χ0v) is 8.17. The standard InChI is InChI=1S/C11H10ClN/c1-2-9(7-8-13)10-3-5-11(12)6-4-10/h3-7H,2H2,1H3. The van der Waals surface area contributed by atoms with Gasteiger partial charge in [0, 0.05) is 11.1 Å². The lowest BCUT2D eigenvalue weighted by Gasteiger charge is -2.02. The molecule has 0 bridgehead atoms. The molecule has 1 nitrogen and oxygen atoms in total. The Morgan fingerprint density at radius 2 is 2.08 bits per heavy atom. The first-order valence-corrected chi connectivity index (χ1v) is 4.50. The van der Waals surface area contributed by atoms with Gasteiger partial charge in [-0.1, -0.05) is 30.7 Å². The molecule has 0 fully saturated rings. The van der Waals surface area contributed by atoms with Crippen molar-refractivity contribution in [3.8, 4) is 6.07 Å². The van der Waals surface area contributed by atoms with E-state index in [0.29, 0.717) is 0 Å². The van der Waals surface area contributed by atoms with E-state index in [2.05, 4.69) is 0 Å². The highest BCUT2D eigenvalue weighted by Gasteiger charge is 1.97. The Morgan fingerprint density at radius 3 is 2.54 bits per heavy atom. The van der Waals surface area contributed by atoms with Gasteiger partial charge in [-0.3, -0.25) is 0 Å². The van der Waals surface area contributed by atoms with Gasteiger partial charge in [0.2, 0.25) is 0 Å². The predicted molar refractivity (Wildman–Crippen MR) is 55.3 cm³/mol. The Hall–Kier alpha value is -1.26. The predicted octanol–water partition coefficient (Wildman–Crippen LogP) is 3.66. The molecule has 0 aliphatic carbocycles. The summed E-state index contributed by atoms with van der Waals surface area (Å²) in [6, 6.07) is 9.55. The van der Waals surface area contributed by atoms with Gasteiger partial charge in [-0.15, -0.1) is 0 Å². The molecule has 0 saturated heterocycles. The van der Waals surface area contributed by atoms with Crippen molar-refractivity contribution in [1.29, 1.82) is 5.26 Å². The number of hydrogen-bond donors (Lipinski definition) is 0.